The fourth-order valence-electron chi connectivity index (χ4n) is 4.58. The lowest BCUT2D eigenvalue weighted by Crippen LogP contribution is -2.43. The maximum atomic E-state index is 12.1. The van der Waals surface area contributed by atoms with E-state index in [0.29, 0.717) is 23.7 Å². The summed E-state index contributed by atoms with van der Waals surface area (Å²) < 4.78 is 27.6. The summed E-state index contributed by atoms with van der Waals surface area (Å²) in [5.41, 5.74) is 3.99. The minimum absolute atomic E-state index is 0.142. The second-order valence-electron chi connectivity index (χ2n) is 9.15. The lowest BCUT2D eigenvalue weighted by molar-refractivity contribution is 0.283. The average molecular weight is 493 g/mol. The van der Waals surface area contributed by atoms with Crippen LogP contribution in [0.3, 0.4) is 0 Å². The van der Waals surface area contributed by atoms with Crippen molar-refractivity contribution < 1.29 is 13.4 Å². The minimum Gasteiger partial charge on any atom is -0.437 e. The Morgan fingerprint density at radius 3 is 2.74 bits per heavy atom. The first-order valence-corrected chi connectivity index (χ1v) is 13.4. The number of benzene rings is 1. The molecule has 4 aromatic rings. The molecule has 0 aliphatic carbocycles. The Hall–Kier alpha value is -3.22. The van der Waals surface area contributed by atoms with Gasteiger partial charge in [-0.25, -0.2) is 13.4 Å². The van der Waals surface area contributed by atoms with Crippen LogP contribution in [0.25, 0.3) is 16.8 Å². The van der Waals surface area contributed by atoms with E-state index < -0.39 is 16.9 Å². The first-order chi connectivity index (χ1) is 16.7. The highest BCUT2D eigenvalue weighted by molar-refractivity contribution is 7.90. The molecule has 2 N–H and O–H groups in total. The van der Waals surface area contributed by atoms with Crippen molar-refractivity contribution in [1.29, 1.82) is 0 Å². The predicted molar refractivity (Wildman–Crippen MR) is 135 cm³/mol. The topological polar surface area (TPSA) is 118 Å². The number of fused-ring (bicyclic) bond motifs is 1. The maximum Gasteiger partial charge on any atom is 0.376 e. The summed E-state index contributed by atoms with van der Waals surface area (Å²) >= 11 is 0. The van der Waals surface area contributed by atoms with Gasteiger partial charge in [-0.15, -0.1) is 0 Å². The lowest BCUT2D eigenvalue weighted by atomic mass is 9.80. The molecule has 12 heteroatoms. The third-order valence-corrected chi connectivity index (χ3v) is 7.55. The molecule has 3 aromatic heterocycles. The summed E-state index contributed by atoms with van der Waals surface area (Å²) in [7, 11) is -1.99. The highest BCUT2D eigenvalue weighted by Gasteiger charge is 2.28. The summed E-state index contributed by atoms with van der Waals surface area (Å²) in [6.07, 6.45) is 8.60. The van der Waals surface area contributed by atoms with E-state index in [-0.39, 0.29) is 10.8 Å². The standard InChI is InChI=1S/C23H28BN7O3S/c1-24(32)30-9-5-6-16(15-30)21-11-22(27-18-7-4-8-19(10-18)35(3,33)34)31-23(28-21)20(13-26-31)17-12-25-29(2)14-17/h4,7-8,10-14,16,27,32H,5-6,9,15H2,1-3H3. The third-order valence-electron chi connectivity index (χ3n) is 6.44. The number of nitrogens with zero attached hydrogens (tertiary/aromatic N) is 6. The van der Waals surface area contributed by atoms with E-state index in [1.54, 1.807) is 46.6 Å². The van der Waals surface area contributed by atoms with Crippen molar-refractivity contribution in [3.63, 3.8) is 0 Å². The monoisotopic (exact) mass is 493 g/mol. The van der Waals surface area contributed by atoms with E-state index >= 15 is 0 Å². The first-order valence-electron chi connectivity index (χ1n) is 11.6. The van der Waals surface area contributed by atoms with Crippen molar-refractivity contribution >= 4 is 34.0 Å². The van der Waals surface area contributed by atoms with Gasteiger partial charge < -0.3 is 15.2 Å². The van der Waals surface area contributed by atoms with Crippen LogP contribution in [0.15, 0.2) is 53.8 Å². The zero-order valence-corrected chi connectivity index (χ0v) is 20.8. The van der Waals surface area contributed by atoms with Crippen molar-refractivity contribution in [2.75, 3.05) is 24.7 Å². The molecule has 35 heavy (non-hydrogen) atoms. The molecule has 182 valence electrons. The maximum absolute atomic E-state index is 12.1. The number of piperidine rings is 1. The number of aryl methyl sites for hydroxylation is 1. The summed E-state index contributed by atoms with van der Waals surface area (Å²) in [5.74, 6) is 0.822. The van der Waals surface area contributed by atoms with Crippen LogP contribution < -0.4 is 5.32 Å². The number of rotatable bonds is 6. The lowest BCUT2D eigenvalue weighted by Gasteiger charge is -2.33. The van der Waals surface area contributed by atoms with Gasteiger partial charge in [-0.2, -0.15) is 14.7 Å². The van der Waals surface area contributed by atoms with Crippen LogP contribution >= 0.6 is 0 Å². The molecule has 4 heterocycles. The fourth-order valence-corrected chi connectivity index (χ4v) is 5.25. The largest absolute Gasteiger partial charge is 0.437 e. The van der Waals surface area contributed by atoms with E-state index in [2.05, 4.69) is 20.3 Å². The Morgan fingerprint density at radius 2 is 2.03 bits per heavy atom. The number of anilines is 2. The summed E-state index contributed by atoms with van der Waals surface area (Å²) in [5, 5.41) is 22.4. The molecule has 1 saturated heterocycles. The van der Waals surface area contributed by atoms with Crippen LogP contribution in [-0.4, -0.2) is 69.0 Å². The average Bonchev–Trinajstić information content (AvgIpc) is 3.45. The van der Waals surface area contributed by atoms with E-state index in [1.807, 2.05) is 25.4 Å². The molecule has 5 rings (SSSR count). The van der Waals surface area contributed by atoms with Crippen molar-refractivity contribution in [3.8, 4) is 11.1 Å². The second kappa shape index (κ2) is 9.10. The Bertz CT molecular complexity index is 1480. The van der Waals surface area contributed by atoms with Crippen molar-refractivity contribution in [2.24, 2.45) is 7.05 Å². The molecule has 0 radical (unpaired) electrons. The van der Waals surface area contributed by atoms with Gasteiger partial charge >= 0.3 is 7.05 Å². The Balaban J connectivity index is 1.61. The van der Waals surface area contributed by atoms with Crippen molar-refractivity contribution in [3.05, 3.63) is 54.6 Å². The Kier molecular flexibility index (Phi) is 6.12. The SMILES string of the molecule is CB(O)N1CCCC(c2cc(Nc3cccc(S(C)(=O)=O)c3)n3ncc(-c4cnn(C)c4)c3n2)C1. The van der Waals surface area contributed by atoms with Gasteiger partial charge in [0, 0.05) is 48.3 Å². The van der Waals surface area contributed by atoms with Gasteiger partial charge in [0.15, 0.2) is 15.5 Å². The normalized spacial score (nSPS) is 17.1. The molecule has 1 aliphatic heterocycles. The number of nitrogens with one attached hydrogen (secondary N) is 1. The Morgan fingerprint density at radius 1 is 1.20 bits per heavy atom. The van der Waals surface area contributed by atoms with Crippen LogP contribution in [0.2, 0.25) is 6.82 Å². The molecular formula is C23H28BN7O3S. The van der Waals surface area contributed by atoms with Crippen LogP contribution in [0.1, 0.15) is 24.5 Å². The van der Waals surface area contributed by atoms with Gasteiger partial charge in [0.1, 0.15) is 5.82 Å². The van der Waals surface area contributed by atoms with Gasteiger partial charge in [0.25, 0.3) is 0 Å². The molecule has 0 bridgehead atoms. The van der Waals surface area contributed by atoms with E-state index in [0.717, 1.165) is 36.2 Å². The molecule has 10 nitrogen and oxygen atoms in total. The highest BCUT2D eigenvalue weighted by atomic mass is 32.2. The minimum atomic E-state index is -3.34. The molecule has 1 aromatic carbocycles. The highest BCUT2D eigenvalue weighted by Crippen LogP contribution is 2.32. The van der Waals surface area contributed by atoms with Crippen LogP contribution in [0, 0.1) is 0 Å². The fraction of sp³-hybridized carbons (Fsp3) is 0.348. The van der Waals surface area contributed by atoms with Crippen molar-refractivity contribution in [1.82, 2.24) is 29.2 Å². The Labute approximate surface area is 204 Å². The van der Waals surface area contributed by atoms with Crippen molar-refractivity contribution in [2.45, 2.75) is 30.5 Å². The summed E-state index contributed by atoms with van der Waals surface area (Å²) in [6, 6.07) is 8.69. The zero-order valence-electron chi connectivity index (χ0n) is 20.0. The van der Waals surface area contributed by atoms with Gasteiger partial charge in [0.2, 0.25) is 0 Å². The second-order valence-corrected chi connectivity index (χ2v) is 11.2. The smallest absolute Gasteiger partial charge is 0.376 e. The zero-order chi connectivity index (χ0) is 24.7. The summed E-state index contributed by atoms with van der Waals surface area (Å²) in [4.78, 5) is 7.31. The van der Waals surface area contributed by atoms with Gasteiger partial charge in [-0.05, 0) is 51.0 Å². The van der Waals surface area contributed by atoms with Crippen LogP contribution in [0.4, 0.5) is 11.5 Å². The molecular weight excluding hydrogens is 465 g/mol. The number of hydrogen-bond donors (Lipinski definition) is 2. The third kappa shape index (κ3) is 4.81. The number of aromatic nitrogens is 5. The molecule has 1 atom stereocenters. The molecule has 0 amide bonds. The van der Waals surface area contributed by atoms with E-state index in [1.165, 1.54) is 6.26 Å². The van der Waals surface area contributed by atoms with Gasteiger partial charge in [0.05, 0.1) is 23.0 Å². The molecule has 1 unspecified atom stereocenters. The van der Waals surface area contributed by atoms with Gasteiger partial charge in [-0.1, -0.05) is 6.07 Å². The molecule has 1 fully saturated rings. The number of sulfone groups is 1. The molecule has 0 spiro atoms. The number of hydrogen-bond acceptors (Lipinski definition) is 8. The van der Waals surface area contributed by atoms with Gasteiger partial charge in [-0.3, -0.25) is 4.68 Å². The van der Waals surface area contributed by atoms with E-state index in [9.17, 15) is 13.4 Å². The van der Waals surface area contributed by atoms with Crippen LogP contribution in [0.5, 0.6) is 0 Å². The molecule has 1 aliphatic rings. The van der Waals surface area contributed by atoms with Crippen LogP contribution in [-0.2, 0) is 16.9 Å². The predicted octanol–water partition coefficient (Wildman–Crippen LogP) is 2.57. The summed E-state index contributed by atoms with van der Waals surface area (Å²) in [6.45, 7) is 3.35. The quantitative estimate of drug-likeness (QED) is 0.394. The molecule has 0 saturated carbocycles. The van der Waals surface area contributed by atoms with E-state index in [4.69, 9.17) is 4.98 Å². The first kappa shape index (κ1) is 23.5.